The highest BCUT2D eigenvalue weighted by Crippen LogP contribution is 2.06. The van der Waals surface area contributed by atoms with Crippen molar-refractivity contribution in [2.24, 2.45) is 0 Å². The molecule has 1 saturated heterocycles. The van der Waals surface area contributed by atoms with Crippen LogP contribution in [0.3, 0.4) is 0 Å². The lowest BCUT2D eigenvalue weighted by Crippen LogP contribution is -2.50. The zero-order valence-corrected chi connectivity index (χ0v) is 9.32. The van der Waals surface area contributed by atoms with Gasteiger partial charge in [-0.15, -0.1) is 0 Å². The minimum atomic E-state index is 0.144. The lowest BCUT2D eigenvalue weighted by Gasteiger charge is -2.34. The Morgan fingerprint density at radius 3 is 2.43 bits per heavy atom. The van der Waals surface area contributed by atoms with Gasteiger partial charge in [-0.3, -0.25) is 0 Å². The average molecular weight is 200 g/mol. The van der Waals surface area contributed by atoms with Crippen LogP contribution in [0.5, 0.6) is 0 Å². The third-order valence-electron chi connectivity index (χ3n) is 2.49. The highest BCUT2D eigenvalue weighted by atomic mass is 16.5. The normalized spacial score (nSPS) is 17.3. The molecular formula is C10H20N2O2. The monoisotopic (exact) mass is 200 g/mol. The van der Waals surface area contributed by atoms with Crippen LogP contribution in [-0.4, -0.2) is 54.7 Å². The highest BCUT2D eigenvalue weighted by molar-refractivity contribution is 5.74. The summed E-state index contributed by atoms with van der Waals surface area (Å²) < 4.78 is 5.21. The van der Waals surface area contributed by atoms with E-state index >= 15 is 0 Å². The van der Waals surface area contributed by atoms with Crippen molar-refractivity contribution in [3.63, 3.8) is 0 Å². The van der Waals surface area contributed by atoms with Gasteiger partial charge in [-0.25, -0.2) is 4.79 Å². The summed E-state index contributed by atoms with van der Waals surface area (Å²) in [5.41, 5.74) is 0. The summed E-state index contributed by atoms with van der Waals surface area (Å²) in [6.45, 7) is 9.66. The van der Waals surface area contributed by atoms with Gasteiger partial charge in [-0.1, -0.05) is 0 Å². The zero-order valence-electron chi connectivity index (χ0n) is 9.32. The van der Waals surface area contributed by atoms with Crippen LogP contribution in [-0.2, 0) is 4.74 Å². The molecule has 1 fully saturated rings. The van der Waals surface area contributed by atoms with Crippen molar-refractivity contribution in [1.29, 1.82) is 0 Å². The Labute approximate surface area is 85.8 Å². The number of carbonyl (C=O) groups is 1. The van der Waals surface area contributed by atoms with Gasteiger partial charge in [0.15, 0.2) is 0 Å². The average Bonchev–Trinajstić information content (AvgIpc) is 2.19. The maximum absolute atomic E-state index is 12.0. The molecule has 14 heavy (non-hydrogen) atoms. The molecular weight excluding hydrogens is 180 g/mol. The topological polar surface area (TPSA) is 32.8 Å². The fraction of sp³-hybridized carbons (Fsp3) is 0.900. The molecule has 1 heterocycles. The molecule has 0 saturated carbocycles. The number of hydrogen-bond acceptors (Lipinski definition) is 2. The smallest absolute Gasteiger partial charge is 0.320 e. The van der Waals surface area contributed by atoms with Crippen molar-refractivity contribution in [2.45, 2.75) is 26.8 Å². The number of ether oxygens (including phenoxy) is 1. The molecule has 0 radical (unpaired) electrons. The lowest BCUT2D eigenvalue weighted by atomic mass is 10.3. The van der Waals surface area contributed by atoms with Crippen LogP contribution in [0.4, 0.5) is 4.79 Å². The number of morpholine rings is 1. The van der Waals surface area contributed by atoms with E-state index in [0.29, 0.717) is 13.2 Å². The van der Waals surface area contributed by atoms with Gasteiger partial charge in [0.1, 0.15) is 0 Å². The number of nitrogens with zero attached hydrogens (tertiary/aromatic N) is 2. The van der Waals surface area contributed by atoms with Crippen LogP contribution in [0.2, 0.25) is 0 Å². The van der Waals surface area contributed by atoms with Crippen LogP contribution in [0.25, 0.3) is 0 Å². The third-order valence-corrected chi connectivity index (χ3v) is 2.49. The Morgan fingerprint density at radius 2 is 2.00 bits per heavy atom. The molecule has 0 atom stereocenters. The van der Waals surface area contributed by atoms with Crippen molar-refractivity contribution < 1.29 is 9.53 Å². The Bertz CT molecular complexity index is 189. The van der Waals surface area contributed by atoms with E-state index in [1.54, 1.807) is 0 Å². The number of urea groups is 1. The molecule has 1 aliphatic heterocycles. The quantitative estimate of drug-likeness (QED) is 0.670. The summed E-state index contributed by atoms with van der Waals surface area (Å²) in [4.78, 5) is 15.7. The van der Waals surface area contributed by atoms with Crippen LogP contribution < -0.4 is 0 Å². The number of amides is 2. The van der Waals surface area contributed by atoms with Gasteiger partial charge in [0.25, 0.3) is 0 Å². The van der Waals surface area contributed by atoms with E-state index in [1.807, 2.05) is 30.6 Å². The Balaban J connectivity index is 2.52. The summed E-state index contributed by atoms with van der Waals surface area (Å²) in [6.07, 6.45) is 0. The van der Waals surface area contributed by atoms with Crippen LogP contribution in [0, 0.1) is 0 Å². The van der Waals surface area contributed by atoms with Gasteiger partial charge in [0, 0.05) is 25.7 Å². The molecule has 4 nitrogen and oxygen atoms in total. The minimum Gasteiger partial charge on any atom is -0.378 e. The molecule has 2 amide bonds. The molecule has 82 valence electrons. The molecule has 0 bridgehead atoms. The van der Waals surface area contributed by atoms with E-state index in [1.165, 1.54) is 0 Å². The van der Waals surface area contributed by atoms with Crippen LogP contribution in [0.1, 0.15) is 20.8 Å². The van der Waals surface area contributed by atoms with E-state index < -0.39 is 0 Å². The largest absolute Gasteiger partial charge is 0.378 e. The Morgan fingerprint density at radius 1 is 1.43 bits per heavy atom. The first kappa shape index (κ1) is 11.3. The lowest BCUT2D eigenvalue weighted by molar-refractivity contribution is 0.0411. The van der Waals surface area contributed by atoms with Crippen LogP contribution >= 0.6 is 0 Å². The number of rotatable bonds is 2. The fourth-order valence-electron chi connectivity index (χ4n) is 1.66. The van der Waals surface area contributed by atoms with Gasteiger partial charge in [-0.2, -0.15) is 0 Å². The van der Waals surface area contributed by atoms with Crippen molar-refractivity contribution in [2.75, 3.05) is 32.8 Å². The summed E-state index contributed by atoms with van der Waals surface area (Å²) >= 11 is 0. The molecule has 0 N–H and O–H groups in total. The van der Waals surface area contributed by atoms with Crippen molar-refractivity contribution in [3.05, 3.63) is 0 Å². The first-order valence-electron chi connectivity index (χ1n) is 5.30. The molecule has 0 aromatic heterocycles. The van der Waals surface area contributed by atoms with Crippen molar-refractivity contribution in [1.82, 2.24) is 9.80 Å². The molecule has 0 aliphatic carbocycles. The second kappa shape index (κ2) is 5.20. The standard InChI is InChI=1S/C10H20N2O2/c1-4-12(9(2)3)10(13)11-5-7-14-8-6-11/h9H,4-8H2,1-3H3. The van der Waals surface area contributed by atoms with Crippen molar-refractivity contribution >= 4 is 6.03 Å². The van der Waals surface area contributed by atoms with E-state index in [-0.39, 0.29) is 12.1 Å². The first-order valence-corrected chi connectivity index (χ1v) is 5.30. The molecule has 0 aromatic carbocycles. The van der Waals surface area contributed by atoms with Gasteiger partial charge < -0.3 is 14.5 Å². The van der Waals surface area contributed by atoms with Gasteiger partial charge in [0.2, 0.25) is 0 Å². The van der Waals surface area contributed by atoms with E-state index in [4.69, 9.17) is 4.74 Å². The van der Waals surface area contributed by atoms with Crippen molar-refractivity contribution in [3.8, 4) is 0 Å². The van der Waals surface area contributed by atoms with Crippen LogP contribution in [0.15, 0.2) is 0 Å². The van der Waals surface area contributed by atoms with Gasteiger partial charge >= 0.3 is 6.03 Å². The van der Waals surface area contributed by atoms with E-state index in [0.717, 1.165) is 19.6 Å². The predicted molar refractivity (Wildman–Crippen MR) is 55.3 cm³/mol. The summed E-state index contributed by atoms with van der Waals surface area (Å²) in [5, 5.41) is 0. The third kappa shape index (κ3) is 2.61. The predicted octanol–water partition coefficient (Wildman–Crippen LogP) is 1.17. The molecule has 4 heteroatoms. The Hall–Kier alpha value is -0.770. The molecule has 0 spiro atoms. The molecule has 0 aromatic rings. The molecule has 1 aliphatic rings. The Kier molecular flexibility index (Phi) is 4.20. The maximum Gasteiger partial charge on any atom is 0.320 e. The van der Waals surface area contributed by atoms with Gasteiger partial charge in [0.05, 0.1) is 13.2 Å². The minimum absolute atomic E-state index is 0.144. The molecule has 0 unspecified atom stereocenters. The highest BCUT2D eigenvalue weighted by Gasteiger charge is 2.23. The summed E-state index contributed by atoms with van der Waals surface area (Å²) in [6, 6.07) is 0.418. The van der Waals surface area contributed by atoms with E-state index in [2.05, 4.69) is 0 Å². The fourth-order valence-corrected chi connectivity index (χ4v) is 1.66. The number of hydrogen-bond donors (Lipinski definition) is 0. The summed E-state index contributed by atoms with van der Waals surface area (Å²) in [5.74, 6) is 0. The number of carbonyl (C=O) groups excluding carboxylic acids is 1. The second-order valence-corrected chi connectivity index (χ2v) is 3.76. The van der Waals surface area contributed by atoms with E-state index in [9.17, 15) is 4.79 Å². The van der Waals surface area contributed by atoms with Gasteiger partial charge in [-0.05, 0) is 20.8 Å². The first-order chi connectivity index (χ1) is 6.66. The summed E-state index contributed by atoms with van der Waals surface area (Å²) in [7, 11) is 0. The zero-order chi connectivity index (χ0) is 10.6. The second-order valence-electron chi connectivity index (χ2n) is 3.76. The maximum atomic E-state index is 12.0. The molecule has 1 rings (SSSR count). The SMILES string of the molecule is CCN(C(=O)N1CCOCC1)C(C)C.